The van der Waals surface area contributed by atoms with E-state index in [2.05, 4.69) is 5.32 Å². The van der Waals surface area contributed by atoms with Gasteiger partial charge in [0.1, 0.15) is 5.54 Å². The van der Waals surface area contributed by atoms with Gasteiger partial charge in [-0.2, -0.15) is 0 Å². The fourth-order valence-corrected chi connectivity index (χ4v) is 2.29. The number of rotatable bonds is 10. The van der Waals surface area contributed by atoms with Crippen molar-refractivity contribution in [3.8, 4) is 0 Å². The van der Waals surface area contributed by atoms with Gasteiger partial charge in [0.15, 0.2) is 0 Å². The molecule has 0 aromatic heterocycles. The molecule has 1 aliphatic rings. The molecule has 2 unspecified atom stereocenters. The maximum absolute atomic E-state index is 11.9. The largest absolute Gasteiger partial charge is 0.465 e. The van der Waals surface area contributed by atoms with Crippen molar-refractivity contribution in [3.05, 3.63) is 0 Å². The molecule has 0 aliphatic carbocycles. The van der Waals surface area contributed by atoms with Gasteiger partial charge in [-0.05, 0) is 53.0 Å². The summed E-state index contributed by atoms with van der Waals surface area (Å²) in [5, 5.41) is 3.06. The van der Waals surface area contributed by atoms with E-state index in [1.165, 1.54) is 0 Å². The van der Waals surface area contributed by atoms with Crippen molar-refractivity contribution in [2.75, 3.05) is 33.5 Å². The lowest BCUT2D eigenvalue weighted by Crippen LogP contribution is -2.48. The molecule has 0 saturated carbocycles. The molecule has 0 aromatic rings. The Hall–Kier alpha value is -0.650. The van der Waals surface area contributed by atoms with Crippen LogP contribution in [0.15, 0.2) is 0 Å². The van der Waals surface area contributed by atoms with E-state index in [1.54, 1.807) is 7.05 Å². The molecule has 5 heteroatoms. The molecule has 0 spiro atoms. The summed E-state index contributed by atoms with van der Waals surface area (Å²) in [5.74, 6) is -0.178. The van der Waals surface area contributed by atoms with Crippen molar-refractivity contribution in [3.63, 3.8) is 0 Å². The van der Waals surface area contributed by atoms with E-state index < -0.39 is 5.54 Å². The monoisotopic (exact) mass is 287 g/mol. The van der Waals surface area contributed by atoms with Gasteiger partial charge < -0.3 is 19.5 Å². The summed E-state index contributed by atoms with van der Waals surface area (Å²) < 4.78 is 16.2. The molecule has 1 N–H and O–H groups in total. The SMILES string of the molecule is CCOC(=O)C(C)(CCCCOCC1CCCO1)NC. The third kappa shape index (κ3) is 5.77. The first-order chi connectivity index (χ1) is 9.62. The van der Waals surface area contributed by atoms with Gasteiger partial charge in [-0.3, -0.25) is 4.79 Å². The molecule has 1 heterocycles. The number of hydrogen-bond donors (Lipinski definition) is 1. The number of nitrogens with one attached hydrogen (secondary N) is 1. The van der Waals surface area contributed by atoms with E-state index in [0.717, 1.165) is 45.3 Å². The molecule has 1 rings (SSSR count). The molecule has 0 amide bonds. The molecular weight excluding hydrogens is 258 g/mol. The summed E-state index contributed by atoms with van der Waals surface area (Å²) in [6.45, 7) is 6.42. The summed E-state index contributed by atoms with van der Waals surface area (Å²) in [5.41, 5.74) is -0.593. The van der Waals surface area contributed by atoms with Crippen LogP contribution < -0.4 is 5.32 Å². The van der Waals surface area contributed by atoms with Gasteiger partial charge in [0.2, 0.25) is 0 Å². The topological polar surface area (TPSA) is 56.8 Å². The van der Waals surface area contributed by atoms with Crippen LogP contribution in [0.1, 0.15) is 46.0 Å². The van der Waals surface area contributed by atoms with Crippen molar-refractivity contribution >= 4 is 5.97 Å². The Morgan fingerprint density at radius 3 is 2.85 bits per heavy atom. The first-order valence-corrected chi connectivity index (χ1v) is 7.68. The van der Waals surface area contributed by atoms with Crippen molar-refractivity contribution in [2.45, 2.75) is 57.6 Å². The van der Waals surface area contributed by atoms with Crippen molar-refractivity contribution in [1.82, 2.24) is 5.32 Å². The number of likely N-dealkylation sites (N-methyl/N-ethyl adjacent to an activating group) is 1. The van der Waals surface area contributed by atoms with Crippen LogP contribution >= 0.6 is 0 Å². The summed E-state index contributed by atoms with van der Waals surface area (Å²) in [4.78, 5) is 11.9. The van der Waals surface area contributed by atoms with Crippen LogP contribution in [0.5, 0.6) is 0 Å². The van der Waals surface area contributed by atoms with E-state index in [-0.39, 0.29) is 12.1 Å². The van der Waals surface area contributed by atoms with Crippen LogP contribution in [-0.4, -0.2) is 51.1 Å². The lowest BCUT2D eigenvalue weighted by atomic mass is 9.95. The van der Waals surface area contributed by atoms with E-state index >= 15 is 0 Å². The van der Waals surface area contributed by atoms with E-state index in [1.807, 2.05) is 13.8 Å². The van der Waals surface area contributed by atoms with Gasteiger partial charge in [0.25, 0.3) is 0 Å². The van der Waals surface area contributed by atoms with Crippen LogP contribution in [0.2, 0.25) is 0 Å². The van der Waals surface area contributed by atoms with Gasteiger partial charge in [-0.25, -0.2) is 0 Å². The second kappa shape index (κ2) is 9.32. The average Bonchev–Trinajstić information content (AvgIpc) is 2.95. The zero-order valence-corrected chi connectivity index (χ0v) is 13.1. The fraction of sp³-hybridized carbons (Fsp3) is 0.933. The third-order valence-electron chi connectivity index (χ3n) is 3.82. The minimum atomic E-state index is -0.593. The van der Waals surface area contributed by atoms with Crippen molar-refractivity contribution in [1.29, 1.82) is 0 Å². The van der Waals surface area contributed by atoms with Gasteiger partial charge in [0, 0.05) is 13.2 Å². The van der Waals surface area contributed by atoms with Gasteiger partial charge in [-0.1, -0.05) is 0 Å². The summed E-state index contributed by atoms with van der Waals surface area (Å²) >= 11 is 0. The predicted octanol–water partition coefficient (Wildman–Crippen LogP) is 1.89. The second-order valence-corrected chi connectivity index (χ2v) is 5.47. The Bertz CT molecular complexity index is 279. The highest BCUT2D eigenvalue weighted by Crippen LogP contribution is 2.16. The molecule has 1 fully saturated rings. The number of carbonyl (C=O) groups excluding carboxylic acids is 1. The number of unbranched alkanes of at least 4 members (excludes halogenated alkanes) is 1. The highest BCUT2D eigenvalue weighted by Gasteiger charge is 2.32. The van der Waals surface area contributed by atoms with Crippen molar-refractivity contribution in [2.24, 2.45) is 0 Å². The standard InChI is InChI=1S/C15H29NO4/c1-4-19-14(17)15(2,16-3)9-5-6-10-18-12-13-8-7-11-20-13/h13,16H,4-12H2,1-3H3. The highest BCUT2D eigenvalue weighted by atomic mass is 16.5. The van der Waals surface area contributed by atoms with Crippen LogP contribution in [-0.2, 0) is 19.0 Å². The summed E-state index contributed by atoms with van der Waals surface area (Å²) in [6.07, 6.45) is 5.18. The minimum absolute atomic E-state index is 0.178. The fourth-order valence-electron chi connectivity index (χ4n) is 2.29. The zero-order chi connectivity index (χ0) is 14.8. The third-order valence-corrected chi connectivity index (χ3v) is 3.82. The molecule has 20 heavy (non-hydrogen) atoms. The molecule has 5 nitrogen and oxygen atoms in total. The summed E-state index contributed by atoms with van der Waals surface area (Å²) in [6, 6.07) is 0. The van der Waals surface area contributed by atoms with Crippen LogP contribution in [0.4, 0.5) is 0 Å². The maximum Gasteiger partial charge on any atom is 0.326 e. The zero-order valence-electron chi connectivity index (χ0n) is 13.1. The number of hydrogen-bond acceptors (Lipinski definition) is 5. The molecular formula is C15H29NO4. The van der Waals surface area contributed by atoms with Gasteiger partial charge in [0.05, 0.1) is 19.3 Å². The van der Waals surface area contributed by atoms with Crippen LogP contribution in [0.3, 0.4) is 0 Å². The molecule has 1 aliphatic heterocycles. The average molecular weight is 287 g/mol. The molecule has 0 aromatic carbocycles. The normalized spacial score (nSPS) is 21.6. The molecule has 0 bridgehead atoms. The Labute approximate surface area is 122 Å². The van der Waals surface area contributed by atoms with Crippen LogP contribution in [0.25, 0.3) is 0 Å². The van der Waals surface area contributed by atoms with Crippen molar-refractivity contribution < 1.29 is 19.0 Å². The maximum atomic E-state index is 11.9. The van der Waals surface area contributed by atoms with Gasteiger partial charge in [-0.15, -0.1) is 0 Å². The van der Waals surface area contributed by atoms with Gasteiger partial charge >= 0.3 is 5.97 Å². The molecule has 0 radical (unpaired) electrons. The first kappa shape index (κ1) is 17.4. The highest BCUT2D eigenvalue weighted by molar-refractivity contribution is 5.80. The number of esters is 1. The predicted molar refractivity (Wildman–Crippen MR) is 77.7 cm³/mol. The van der Waals surface area contributed by atoms with E-state index in [0.29, 0.717) is 13.2 Å². The Morgan fingerprint density at radius 1 is 1.45 bits per heavy atom. The molecule has 118 valence electrons. The summed E-state index contributed by atoms with van der Waals surface area (Å²) in [7, 11) is 1.80. The second-order valence-electron chi connectivity index (χ2n) is 5.47. The minimum Gasteiger partial charge on any atom is -0.465 e. The molecule has 1 saturated heterocycles. The lowest BCUT2D eigenvalue weighted by molar-refractivity contribution is -0.150. The quantitative estimate of drug-likeness (QED) is 0.491. The lowest BCUT2D eigenvalue weighted by Gasteiger charge is -2.26. The first-order valence-electron chi connectivity index (χ1n) is 7.68. The van der Waals surface area contributed by atoms with E-state index in [9.17, 15) is 4.79 Å². The Morgan fingerprint density at radius 2 is 2.25 bits per heavy atom. The van der Waals surface area contributed by atoms with E-state index in [4.69, 9.17) is 14.2 Å². The number of carbonyl (C=O) groups is 1. The Balaban J connectivity index is 2.09. The smallest absolute Gasteiger partial charge is 0.326 e. The number of ether oxygens (including phenoxy) is 3. The molecule has 2 atom stereocenters. The van der Waals surface area contributed by atoms with Crippen LogP contribution in [0, 0.1) is 0 Å². The Kier molecular flexibility index (Phi) is 8.11.